The molecule has 2 N–H and O–H groups in total. The number of aliphatic hydroxyl groups excluding tert-OH is 1. The number of hydrogen-bond donors (Lipinski definition) is 2. The minimum absolute atomic E-state index is 0.0265. The Kier molecular flexibility index (Phi) is 7.42. The van der Waals surface area contributed by atoms with Crippen molar-refractivity contribution in [1.82, 2.24) is 5.32 Å². The standard InChI is InChI=1S/C10H21NO3/c1-4-9(12)7-11-10(13)6-5-8(2)14-3/h8-9,12H,4-7H2,1-3H3,(H,11,13). The molecule has 4 heteroatoms. The number of amides is 1. The number of rotatable bonds is 7. The molecule has 0 aromatic rings. The van der Waals surface area contributed by atoms with E-state index in [9.17, 15) is 9.90 Å². The van der Waals surface area contributed by atoms with Crippen LogP contribution >= 0.6 is 0 Å². The summed E-state index contributed by atoms with van der Waals surface area (Å²) in [4.78, 5) is 11.2. The van der Waals surface area contributed by atoms with Crippen LogP contribution in [0.25, 0.3) is 0 Å². The molecule has 0 fully saturated rings. The van der Waals surface area contributed by atoms with Gasteiger partial charge in [0.1, 0.15) is 0 Å². The van der Waals surface area contributed by atoms with Crippen LogP contribution in [-0.4, -0.2) is 36.9 Å². The summed E-state index contributed by atoms with van der Waals surface area (Å²) in [7, 11) is 1.63. The number of ether oxygens (including phenoxy) is 1. The van der Waals surface area contributed by atoms with Crippen molar-refractivity contribution in [3.8, 4) is 0 Å². The summed E-state index contributed by atoms with van der Waals surface area (Å²) in [5.74, 6) is -0.0265. The van der Waals surface area contributed by atoms with Crippen molar-refractivity contribution in [2.75, 3.05) is 13.7 Å². The second-order valence-electron chi connectivity index (χ2n) is 3.45. The monoisotopic (exact) mass is 203 g/mol. The first-order chi connectivity index (χ1) is 6.60. The van der Waals surface area contributed by atoms with Gasteiger partial charge in [0.05, 0.1) is 12.2 Å². The second-order valence-corrected chi connectivity index (χ2v) is 3.45. The number of aliphatic hydroxyl groups is 1. The van der Waals surface area contributed by atoms with Gasteiger partial charge in [0, 0.05) is 20.1 Å². The second kappa shape index (κ2) is 7.76. The van der Waals surface area contributed by atoms with Gasteiger partial charge in [-0.05, 0) is 19.8 Å². The van der Waals surface area contributed by atoms with Crippen LogP contribution in [0, 0.1) is 0 Å². The first kappa shape index (κ1) is 13.4. The molecule has 84 valence electrons. The van der Waals surface area contributed by atoms with E-state index in [1.54, 1.807) is 7.11 Å². The Morgan fingerprint density at radius 2 is 2.21 bits per heavy atom. The van der Waals surface area contributed by atoms with Crippen molar-refractivity contribution in [3.63, 3.8) is 0 Å². The van der Waals surface area contributed by atoms with Gasteiger partial charge in [-0.15, -0.1) is 0 Å². The molecule has 0 heterocycles. The summed E-state index contributed by atoms with van der Waals surface area (Å²) in [6.45, 7) is 4.15. The summed E-state index contributed by atoms with van der Waals surface area (Å²) >= 11 is 0. The third-order valence-corrected chi connectivity index (χ3v) is 2.19. The summed E-state index contributed by atoms with van der Waals surface area (Å²) in [5.41, 5.74) is 0. The zero-order chi connectivity index (χ0) is 11.0. The fourth-order valence-electron chi connectivity index (χ4n) is 0.917. The van der Waals surface area contributed by atoms with E-state index < -0.39 is 6.10 Å². The zero-order valence-electron chi connectivity index (χ0n) is 9.25. The molecule has 2 atom stereocenters. The van der Waals surface area contributed by atoms with Gasteiger partial charge in [0.2, 0.25) is 5.91 Å². The molecular formula is C10H21NO3. The normalized spacial score (nSPS) is 14.9. The molecule has 0 spiro atoms. The Hall–Kier alpha value is -0.610. The van der Waals surface area contributed by atoms with E-state index in [2.05, 4.69) is 5.32 Å². The van der Waals surface area contributed by atoms with E-state index in [4.69, 9.17) is 4.74 Å². The molecule has 0 radical (unpaired) electrons. The minimum Gasteiger partial charge on any atom is -0.391 e. The van der Waals surface area contributed by atoms with Crippen LogP contribution in [0.5, 0.6) is 0 Å². The number of methoxy groups -OCH3 is 1. The molecule has 2 unspecified atom stereocenters. The predicted octanol–water partition coefficient (Wildman–Crippen LogP) is 0.689. The lowest BCUT2D eigenvalue weighted by Crippen LogP contribution is -2.32. The van der Waals surface area contributed by atoms with Crippen LogP contribution in [0.3, 0.4) is 0 Å². The Bertz CT molecular complexity index is 145. The van der Waals surface area contributed by atoms with Crippen molar-refractivity contribution < 1.29 is 14.6 Å². The van der Waals surface area contributed by atoms with Crippen LogP contribution in [0.2, 0.25) is 0 Å². The molecule has 0 aromatic heterocycles. The Morgan fingerprint density at radius 3 is 2.71 bits per heavy atom. The molecule has 0 aliphatic carbocycles. The van der Waals surface area contributed by atoms with Crippen molar-refractivity contribution in [2.45, 2.75) is 45.3 Å². The molecule has 0 bridgehead atoms. The summed E-state index contributed by atoms with van der Waals surface area (Å²) in [6, 6.07) is 0. The number of carbonyl (C=O) groups is 1. The first-order valence-corrected chi connectivity index (χ1v) is 5.07. The van der Waals surface area contributed by atoms with Crippen LogP contribution < -0.4 is 5.32 Å². The maximum Gasteiger partial charge on any atom is 0.220 e. The molecule has 0 aromatic carbocycles. The van der Waals surface area contributed by atoms with Gasteiger partial charge in [-0.1, -0.05) is 6.92 Å². The van der Waals surface area contributed by atoms with E-state index in [0.29, 0.717) is 25.8 Å². The Labute approximate surface area is 85.6 Å². The number of nitrogens with one attached hydrogen (secondary N) is 1. The smallest absolute Gasteiger partial charge is 0.220 e. The minimum atomic E-state index is -0.432. The van der Waals surface area contributed by atoms with E-state index in [1.807, 2.05) is 13.8 Å². The van der Waals surface area contributed by atoms with Gasteiger partial charge in [-0.3, -0.25) is 4.79 Å². The van der Waals surface area contributed by atoms with E-state index in [0.717, 1.165) is 0 Å². The quantitative estimate of drug-likeness (QED) is 0.640. The van der Waals surface area contributed by atoms with Gasteiger partial charge in [0.15, 0.2) is 0 Å². The highest BCUT2D eigenvalue weighted by atomic mass is 16.5. The van der Waals surface area contributed by atoms with E-state index >= 15 is 0 Å². The molecular weight excluding hydrogens is 182 g/mol. The third-order valence-electron chi connectivity index (χ3n) is 2.19. The van der Waals surface area contributed by atoms with E-state index in [-0.39, 0.29) is 12.0 Å². The van der Waals surface area contributed by atoms with Gasteiger partial charge in [-0.2, -0.15) is 0 Å². The molecule has 0 saturated carbocycles. The average Bonchev–Trinajstić information content (AvgIpc) is 2.22. The lowest BCUT2D eigenvalue weighted by Gasteiger charge is -2.11. The molecule has 0 aliphatic rings. The highest BCUT2D eigenvalue weighted by Gasteiger charge is 2.07. The highest BCUT2D eigenvalue weighted by molar-refractivity contribution is 5.75. The predicted molar refractivity (Wildman–Crippen MR) is 55.0 cm³/mol. The van der Waals surface area contributed by atoms with Crippen LogP contribution in [0.1, 0.15) is 33.1 Å². The van der Waals surface area contributed by atoms with Crippen molar-refractivity contribution in [3.05, 3.63) is 0 Å². The number of carbonyl (C=O) groups excluding carboxylic acids is 1. The lowest BCUT2D eigenvalue weighted by atomic mass is 10.2. The van der Waals surface area contributed by atoms with Gasteiger partial charge < -0.3 is 15.2 Å². The molecule has 0 aliphatic heterocycles. The molecule has 0 saturated heterocycles. The van der Waals surface area contributed by atoms with E-state index in [1.165, 1.54) is 0 Å². The topological polar surface area (TPSA) is 58.6 Å². The maximum absolute atomic E-state index is 11.2. The van der Waals surface area contributed by atoms with Crippen molar-refractivity contribution >= 4 is 5.91 Å². The fraction of sp³-hybridized carbons (Fsp3) is 0.900. The van der Waals surface area contributed by atoms with Crippen LogP contribution in [0.15, 0.2) is 0 Å². The first-order valence-electron chi connectivity index (χ1n) is 5.07. The Morgan fingerprint density at radius 1 is 1.57 bits per heavy atom. The molecule has 1 amide bonds. The fourth-order valence-corrected chi connectivity index (χ4v) is 0.917. The Balaban J connectivity index is 3.46. The van der Waals surface area contributed by atoms with Gasteiger partial charge in [-0.25, -0.2) is 0 Å². The SMILES string of the molecule is CCC(O)CNC(=O)CCC(C)OC. The molecule has 0 rings (SSSR count). The van der Waals surface area contributed by atoms with Crippen LogP contribution in [-0.2, 0) is 9.53 Å². The molecule has 14 heavy (non-hydrogen) atoms. The van der Waals surface area contributed by atoms with Crippen molar-refractivity contribution in [2.24, 2.45) is 0 Å². The van der Waals surface area contributed by atoms with Gasteiger partial charge >= 0.3 is 0 Å². The van der Waals surface area contributed by atoms with Crippen LogP contribution in [0.4, 0.5) is 0 Å². The summed E-state index contributed by atoms with van der Waals surface area (Å²) < 4.78 is 5.02. The van der Waals surface area contributed by atoms with Gasteiger partial charge in [0.25, 0.3) is 0 Å². The third kappa shape index (κ3) is 6.86. The molecule has 4 nitrogen and oxygen atoms in total. The summed E-state index contributed by atoms with van der Waals surface area (Å²) in [5, 5.41) is 11.9. The lowest BCUT2D eigenvalue weighted by molar-refractivity contribution is -0.122. The highest BCUT2D eigenvalue weighted by Crippen LogP contribution is 1.99. The largest absolute Gasteiger partial charge is 0.391 e. The zero-order valence-corrected chi connectivity index (χ0v) is 9.25. The number of hydrogen-bond acceptors (Lipinski definition) is 3. The van der Waals surface area contributed by atoms with Crippen molar-refractivity contribution in [1.29, 1.82) is 0 Å². The maximum atomic E-state index is 11.2. The summed E-state index contributed by atoms with van der Waals surface area (Å²) in [6.07, 6.45) is 1.50. The average molecular weight is 203 g/mol.